The van der Waals surface area contributed by atoms with Gasteiger partial charge in [0.05, 0.1) is 25.0 Å². The van der Waals surface area contributed by atoms with Crippen molar-refractivity contribution in [2.45, 2.75) is 6.92 Å². The summed E-state index contributed by atoms with van der Waals surface area (Å²) in [7, 11) is 1.60. The van der Waals surface area contributed by atoms with E-state index in [4.69, 9.17) is 9.47 Å². The first-order valence-electron chi connectivity index (χ1n) is 7.53. The molecule has 0 heterocycles. The molecule has 0 atom stereocenters. The summed E-state index contributed by atoms with van der Waals surface area (Å²) in [6, 6.07) is 14.0. The number of anilines is 1. The fraction of sp³-hybridized carbons (Fsp3) is 0.158. The zero-order chi connectivity index (χ0) is 17.4. The Hall–Kier alpha value is -3.08. The second kappa shape index (κ2) is 8.53. The van der Waals surface area contributed by atoms with Crippen LogP contribution in [0.4, 0.5) is 5.69 Å². The van der Waals surface area contributed by atoms with E-state index in [0.29, 0.717) is 11.3 Å². The minimum Gasteiger partial charge on any atom is -0.497 e. The third-order valence-corrected chi connectivity index (χ3v) is 3.22. The average molecular weight is 325 g/mol. The number of para-hydroxylation sites is 1. The van der Waals surface area contributed by atoms with Crippen molar-refractivity contribution in [1.82, 2.24) is 0 Å². The average Bonchev–Trinajstić information content (AvgIpc) is 2.61. The number of ether oxygens (including phenoxy) is 2. The lowest BCUT2D eigenvalue weighted by Gasteiger charge is -2.08. The molecule has 0 aliphatic carbocycles. The molecule has 0 unspecified atom stereocenters. The smallest absolute Gasteiger partial charge is 0.340 e. The third-order valence-electron chi connectivity index (χ3n) is 3.22. The van der Waals surface area contributed by atoms with Gasteiger partial charge < -0.3 is 14.8 Å². The maximum Gasteiger partial charge on any atom is 0.340 e. The summed E-state index contributed by atoms with van der Waals surface area (Å²) in [5.41, 5.74) is 1.61. The van der Waals surface area contributed by atoms with E-state index in [1.165, 1.54) is 6.08 Å². The Morgan fingerprint density at radius 3 is 2.46 bits per heavy atom. The molecule has 2 rings (SSSR count). The number of hydrogen-bond acceptors (Lipinski definition) is 4. The minimum atomic E-state index is -0.465. The van der Waals surface area contributed by atoms with Crippen LogP contribution < -0.4 is 10.1 Å². The van der Waals surface area contributed by atoms with E-state index >= 15 is 0 Å². The van der Waals surface area contributed by atoms with E-state index in [9.17, 15) is 9.59 Å². The van der Waals surface area contributed by atoms with Gasteiger partial charge in [-0.15, -0.1) is 0 Å². The van der Waals surface area contributed by atoms with Gasteiger partial charge in [0.1, 0.15) is 5.75 Å². The molecule has 2 aromatic carbocycles. The largest absolute Gasteiger partial charge is 0.497 e. The molecule has 0 bridgehead atoms. The van der Waals surface area contributed by atoms with Crippen LogP contribution in [-0.4, -0.2) is 25.6 Å². The Bertz CT molecular complexity index is 735. The van der Waals surface area contributed by atoms with Crippen LogP contribution in [0.2, 0.25) is 0 Å². The maximum atomic E-state index is 12.1. The SMILES string of the molecule is CCOC(=O)c1ccccc1NC(=O)/C=C/c1ccc(OC)cc1. The summed E-state index contributed by atoms with van der Waals surface area (Å²) in [6.07, 6.45) is 3.09. The Morgan fingerprint density at radius 2 is 1.79 bits per heavy atom. The second-order valence-electron chi connectivity index (χ2n) is 4.86. The number of hydrogen-bond donors (Lipinski definition) is 1. The highest BCUT2D eigenvalue weighted by Gasteiger charge is 2.12. The van der Waals surface area contributed by atoms with E-state index in [1.54, 1.807) is 44.4 Å². The van der Waals surface area contributed by atoms with Crippen LogP contribution in [0.1, 0.15) is 22.8 Å². The number of rotatable bonds is 6. The Labute approximate surface area is 140 Å². The third kappa shape index (κ3) is 4.71. The molecule has 5 nitrogen and oxygen atoms in total. The highest BCUT2D eigenvalue weighted by molar-refractivity contribution is 6.06. The van der Waals surface area contributed by atoms with Gasteiger partial charge in [0.25, 0.3) is 0 Å². The van der Waals surface area contributed by atoms with Crippen LogP contribution in [-0.2, 0) is 9.53 Å². The topological polar surface area (TPSA) is 64.6 Å². The van der Waals surface area contributed by atoms with Crippen molar-refractivity contribution in [3.05, 3.63) is 65.7 Å². The van der Waals surface area contributed by atoms with Crippen LogP contribution in [0, 0.1) is 0 Å². The zero-order valence-electron chi connectivity index (χ0n) is 13.6. The lowest BCUT2D eigenvalue weighted by atomic mass is 10.1. The van der Waals surface area contributed by atoms with Crippen molar-refractivity contribution in [3.63, 3.8) is 0 Å². The second-order valence-corrected chi connectivity index (χ2v) is 4.86. The van der Waals surface area contributed by atoms with Crippen molar-refractivity contribution in [1.29, 1.82) is 0 Å². The zero-order valence-corrected chi connectivity index (χ0v) is 13.6. The molecule has 1 amide bonds. The highest BCUT2D eigenvalue weighted by atomic mass is 16.5. The predicted molar refractivity (Wildman–Crippen MR) is 93.1 cm³/mol. The Kier molecular flexibility index (Phi) is 6.14. The molecule has 0 aliphatic rings. The predicted octanol–water partition coefficient (Wildman–Crippen LogP) is 3.52. The molecule has 0 radical (unpaired) electrons. The molecule has 5 heteroatoms. The summed E-state index contributed by atoms with van der Waals surface area (Å²) < 4.78 is 10.1. The number of benzene rings is 2. The van der Waals surface area contributed by atoms with Crippen LogP contribution in [0.15, 0.2) is 54.6 Å². The molecule has 2 aromatic rings. The van der Waals surface area contributed by atoms with Gasteiger partial charge in [-0.3, -0.25) is 4.79 Å². The van der Waals surface area contributed by atoms with Crippen molar-refractivity contribution in [2.75, 3.05) is 19.0 Å². The fourth-order valence-corrected chi connectivity index (χ4v) is 2.04. The summed E-state index contributed by atoms with van der Waals surface area (Å²) in [5, 5.41) is 2.69. The molecular formula is C19H19NO4. The first-order valence-corrected chi connectivity index (χ1v) is 7.53. The summed E-state index contributed by atoms with van der Waals surface area (Å²) >= 11 is 0. The van der Waals surface area contributed by atoms with E-state index in [2.05, 4.69) is 5.32 Å². The van der Waals surface area contributed by atoms with Crippen LogP contribution in [0.3, 0.4) is 0 Å². The lowest BCUT2D eigenvalue weighted by molar-refractivity contribution is -0.111. The quantitative estimate of drug-likeness (QED) is 0.652. The summed E-state index contributed by atoms with van der Waals surface area (Å²) in [4.78, 5) is 24.0. The number of carbonyl (C=O) groups excluding carboxylic acids is 2. The number of esters is 1. The fourth-order valence-electron chi connectivity index (χ4n) is 2.04. The van der Waals surface area contributed by atoms with Gasteiger partial charge in [-0.1, -0.05) is 24.3 Å². The first kappa shape index (κ1) is 17.3. The number of amides is 1. The van der Waals surface area contributed by atoms with Crippen LogP contribution in [0.25, 0.3) is 6.08 Å². The Morgan fingerprint density at radius 1 is 1.08 bits per heavy atom. The van der Waals surface area contributed by atoms with E-state index in [-0.39, 0.29) is 12.5 Å². The van der Waals surface area contributed by atoms with Gasteiger partial charge in [0.15, 0.2) is 0 Å². The van der Waals surface area contributed by atoms with Gasteiger partial charge in [-0.25, -0.2) is 4.79 Å². The van der Waals surface area contributed by atoms with E-state index < -0.39 is 5.97 Å². The Balaban J connectivity index is 2.06. The van der Waals surface area contributed by atoms with Gasteiger partial charge in [0.2, 0.25) is 5.91 Å². The molecule has 0 aromatic heterocycles. The minimum absolute atomic E-state index is 0.276. The molecule has 0 aliphatic heterocycles. The monoisotopic (exact) mass is 325 g/mol. The maximum absolute atomic E-state index is 12.1. The summed E-state index contributed by atoms with van der Waals surface area (Å²) in [6.45, 7) is 2.01. The molecule has 24 heavy (non-hydrogen) atoms. The molecule has 0 fully saturated rings. The standard InChI is InChI=1S/C19H19NO4/c1-3-24-19(22)16-6-4-5-7-17(16)20-18(21)13-10-14-8-11-15(23-2)12-9-14/h4-13H,3H2,1-2H3,(H,20,21)/b13-10+. The van der Waals surface area contributed by atoms with Crippen LogP contribution >= 0.6 is 0 Å². The molecule has 124 valence electrons. The van der Waals surface area contributed by atoms with E-state index in [0.717, 1.165) is 11.3 Å². The van der Waals surface area contributed by atoms with Crippen LogP contribution in [0.5, 0.6) is 5.75 Å². The number of methoxy groups -OCH3 is 1. The molecule has 1 N–H and O–H groups in total. The van der Waals surface area contributed by atoms with Crippen molar-refractivity contribution < 1.29 is 19.1 Å². The van der Waals surface area contributed by atoms with Gasteiger partial charge >= 0.3 is 5.97 Å². The normalized spacial score (nSPS) is 10.4. The van der Waals surface area contributed by atoms with Crippen molar-refractivity contribution in [2.24, 2.45) is 0 Å². The van der Waals surface area contributed by atoms with Gasteiger partial charge in [-0.05, 0) is 42.8 Å². The highest BCUT2D eigenvalue weighted by Crippen LogP contribution is 2.17. The summed E-state index contributed by atoms with van der Waals surface area (Å²) in [5.74, 6) is -0.0462. The van der Waals surface area contributed by atoms with Crippen molar-refractivity contribution in [3.8, 4) is 5.75 Å². The number of nitrogens with one attached hydrogen (secondary N) is 1. The van der Waals surface area contributed by atoms with Crippen molar-refractivity contribution >= 4 is 23.6 Å². The molecule has 0 saturated heterocycles. The van der Waals surface area contributed by atoms with Gasteiger partial charge in [-0.2, -0.15) is 0 Å². The molecule has 0 spiro atoms. The molecule has 0 saturated carbocycles. The van der Waals surface area contributed by atoms with Gasteiger partial charge in [0, 0.05) is 6.08 Å². The lowest BCUT2D eigenvalue weighted by Crippen LogP contribution is -2.13. The molecular weight excluding hydrogens is 306 g/mol. The number of carbonyl (C=O) groups is 2. The van der Waals surface area contributed by atoms with E-state index in [1.807, 2.05) is 24.3 Å². The first-order chi connectivity index (χ1) is 11.6.